The Labute approximate surface area is 68.4 Å². The van der Waals surface area contributed by atoms with E-state index in [1.54, 1.807) is 0 Å². The Bertz CT molecular complexity index is 185. The third-order valence-electron chi connectivity index (χ3n) is 1.92. The van der Waals surface area contributed by atoms with E-state index in [2.05, 4.69) is 5.32 Å². The highest BCUT2D eigenvalue weighted by atomic mass is 16.4. The first-order valence-corrected chi connectivity index (χ1v) is 3.54. The summed E-state index contributed by atoms with van der Waals surface area (Å²) in [7, 11) is 0. The molecule has 6 nitrogen and oxygen atoms in total. The Balaban J connectivity index is 2.59. The van der Waals surface area contributed by atoms with E-state index in [0.717, 1.165) is 0 Å². The van der Waals surface area contributed by atoms with E-state index in [1.165, 1.54) is 0 Å². The molecule has 1 saturated heterocycles. The largest absolute Gasteiger partial charge is 0.479 e. The first-order chi connectivity index (χ1) is 5.54. The van der Waals surface area contributed by atoms with Gasteiger partial charge in [0.05, 0.1) is 18.2 Å². The zero-order chi connectivity index (χ0) is 9.30. The van der Waals surface area contributed by atoms with E-state index in [0.29, 0.717) is 0 Å². The summed E-state index contributed by atoms with van der Waals surface area (Å²) in [5.74, 6) is -1.42. The molecule has 0 aromatic carbocycles. The number of nitrogens with one attached hydrogen (secondary N) is 1. The molecule has 1 aliphatic rings. The summed E-state index contributed by atoms with van der Waals surface area (Å²) in [5.41, 5.74) is 0. The van der Waals surface area contributed by atoms with E-state index < -0.39 is 30.3 Å². The molecule has 1 aliphatic heterocycles. The van der Waals surface area contributed by atoms with E-state index in [4.69, 9.17) is 20.4 Å². The van der Waals surface area contributed by atoms with E-state index >= 15 is 0 Å². The molecule has 1 heterocycles. The molecule has 0 unspecified atom stereocenters. The monoisotopic (exact) mass is 177 g/mol. The molecule has 1 fully saturated rings. The fraction of sp³-hybridized carbons (Fsp3) is 0.833. The lowest BCUT2D eigenvalue weighted by Gasteiger charge is -2.18. The van der Waals surface area contributed by atoms with Crippen LogP contribution in [0.15, 0.2) is 0 Å². The first-order valence-electron chi connectivity index (χ1n) is 3.54. The van der Waals surface area contributed by atoms with E-state index in [1.807, 2.05) is 0 Å². The number of aliphatic hydroxyl groups excluding tert-OH is 3. The lowest BCUT2D eigenvalue weighted by Crippen LogP contribution is -2.47. The maximum atomic E-state index is 10.3. The van der Waals surface area contributed by atoms with Gasteiger partial charge in [0, 0.05) is 6.54 Å². The number of rotatable bonds is 2. The van der Waals surface area contributed by atoms with Gasteiger partial charge in [-0.3, -0.25) is 0 Å². The molecule has 12 heavy (non-hydrogen) atoms. The average Bonchev–Trinajstić information content (AvgIpc) is 2.32. The van der Waals surface area contributed by atoms with Gasteiger partial charge in [-0.05, 0) is 0 Å². The molecule has 0 aromatic rings. The molecule has 0 spiro atoms. The van der Waals surface area contributed by atoms with Crippen LogP contribution in [0.4, 0.5) is 0 Å². The second-order valence-electron chi connectivity index (χ2n) is 2.78. The van der Waals surface area contributed by atoms with Crippen molar-refractivity contribution in [2.24, 2.45) is 0 Å². The van der Waals surface area contributed by atoms with E-state index in [-0.39, 0.29) is 6.54 Å². The van der Waals surface area contributed by atoms with Crippen LogP contribution in [0, 0.1) is 0 Å². The molecule has 1 rings (SSSR count). The summed E-state index contributed by atoms with van der Waals surface area (Å²) >= 11 is 0. The van der Waals surface area contributed by atoms with Crippen LogP contribution in [0.2, 0.25) is 0 Å². The van der Waals surface area contributed by atoms with Crippen molar-refractivity contribution in [3.05, 3.63) is 0 Å². The number of β-amino-alcohol motifs (C(OH)–C–C–N with tert-alkyl or cyclic N) is 1. The van der Waals surface area contributed by atoms with Crippen molar-refractivity contribution in [3.8, 4) is 0 Å². The molecule has 6 heteroatoms. The molecule has 0 aliphatic carbocycles. The predicted molar refractivity (Wildman–Crippen MR) is 37.4 cm³/mol. The molecule has 4 atom stereocenters. The molecule has 0 saturated carbocycles. The Morgan fingerprint density at radius 3 is 2.42 bits per heavy atom. The number of carboxylic acid groups (broad SMARTS) is 1. The Morgan fingerprint density at radius 1 is 1.50 bits per heavy atom. The normalized spacial score (nSPS) is 38.1. The summed E-state index contributed by atoms with van der Waals surface area (Å²) in [6.45, 7) is 0.0934. The molecular formula is C6H11NO5. The minimum Gasteiger partial charge on any atom is -0.479 e. The third-order valence-corrected chi connectivity index (χ3v) is 1.92. The Kier molecular flexibility index (Phi) is 2.63. The maximum Gasteiger partial charge on any atom is 0.334 e. The minimum atomic E-state index is -1.68. The number of hydrogen-bond donors (Lipinski definition) is 5. The smallest absolute Gasteiger partial charge is 0.334 e. The van der Waals surface area contributed by atoms with Gasteiger partial charge in [0.25, 0.3) is 0 Å². The third kappa shape index (κ3) is 1.56. The highest BCUT2D eigenvalue weighted by Gasteiger charge is 2.40. The Morgan fingerprint density at radius 2 is 2.08 bits per heavy atom. The Hall–Kier alpha value is -0.690. The quantitative estimate of drug-likeness (QED) is 0.310. The van der Waals surface area contributed by atoms with Crippen molar-refractivity contribution in [1.82, 2.24) is 5.32 Å². The van der Waals surface area contributed by atoms with Crippen molar-refractivity contribution in [1.29, 1.82) is 0 Å². The number of aliphatic carboxylic acids is 1. The average molecular weight is 177 g/mol. The van der Waals surface area contributed by atoms with E-state index in [9.17, 15) is 4.79 Å². The van der Waals surface area contributed by atoms with Gasteiger partial charge in [-0.25, -0.2) is 4.79 Å². The molecule has 0 amide bonds. The number of hydrogen-bond acceptors (Lipinski definition) is 5. The highest BCUT2D eigenvalue weighted by Crippen LogP contribution is 2.11. The molecular weight excluding hydrogens is 166 g/mol. The van der Waals surface area contributed by atoms with Crippen LogP contribution >= 0.6 is 0 Å². The second kappa shape index (κ2) is 3.36. The van der Waals surface area contributed by atoms with Crippen LogP contribution in [-0.4, -0.2) is 57.3 Å². The van der Waals surface area contributed by atoms with Crippen LogP contribution in [0.1, 0.15) is 0 Å². The van der Waals surface area contributed by atoms with Crippen LogP contribution in [0.25, 0.3) is 0 Å². The van der Waals surface area contributed by atoms with Crippen molar-refractivity contribution in [2.75, 3.05) is 6.54 Å². The molecule has 0 radical (unpaired) electrons. The van der Waals surface area contributed by atoms with Gasteiger partial charge >= 0.3 is 5.97 Å². The number of carbonyl (C=O) groups is 1. The summed E-state index contributed by atoms with van der Waals surface area (Å²) in [5, 5.41) is 38.0. The van der Waals surface area contributed by atoms with Crippen LogP contribution in [0.3, 0.4) is 0 Å². The molecule has 5 N–H and O–H groups in total. The summed E-state index contributed by atoms with van der Waals surface area (Å²) in [6.07, 6.45) is -3.92. The minimum absolute atomic E-state index is 0.0934. The summed E-state index contributed by atoms with van der Waals surface area (Å²) in [6, 6.07) is -0.988. The molecule has 0 bridgehead atoms. The van der Waals surface area contributed by atoms with Gasteiger partial charge in [-0.2, -0.15) is 0 Å². The fourth-order valence-electron chi connectivity index (χ4n) is 1.19. The first kappa shape index (κ1) is 9.40. The fourth-order valence-corrected chi connectivity index (χ4v) is 1.19. The van der Waals surface area contributed by atoms with Gasteiger partial charge < -0.3 is 25.7 Å². The second-order valence-corrected chi connectivity index (χ2v) is 2.78. The van der Waals surface area contributed by atoms with Gasteiger partial charge in [0.15, 0.2) is 6.10 Å². The van der Waals surface area contributed by atoms with Gasteiger partial charge in [-0.15, -0.1) is 0 Å². The van der Waals surface area contributed by atoms with Crippen molar-refractivity contribution >= 4 is 5.97 Å². The topological polar surface area (TPSA) is 110 Å². The van der Waals surface area contributed by atoms with Crippen molar-refractivity contribution < 1.29 is 25.2 Å². The highest BCUT2D eigenvalue weighted by molar-refractivity contribution is 5.73. The van der Waals surface area contributed by atoms with Crippen LogP contribution in [0.5, 0.6) is 0 Å². The molecule has 0 aromatic heterocycles. The SMILES string of the molecule is O=C(O)[C@@H](O)[C@@H]1NC[C@@H](O)[C@H]1O. The number of aliphatic hydroxyl groups is 3. The lowest BCUT2D eigenvalue weighted by atomic mass is 10.1. The van der Waals surface area contributed by atoms with Gasteiger partial charge in [0.2, 0.25) is 0 Å². The van der Waals surface area contributed by atoms with Gasteiger partial charge in [-0.1, -0.05) is 0 Å². The standard InChI is InChI=1S/C6H11NO5/c8-2-1-7-3(4(2)9)5(10)6(11)12/h2-5,7-10H,1H2,(H,11,12)/t2-,3-,4-,5+/m1/s1. The lowest BCUT2D eigenvalue weighted by molar-refractivity contribution is -0.149. The van der Waals surface area contributed by atoms with Crippen molar-refractivity contribution in [2.45, 2.75) is 24.4 Å². The van der Waals surface area contributed by atoms with Crippen LogP contribution in [-0.2, 0) is 4.79 Å². The molecule has 70 valence electrons. The van der Waals surface area contributed by atoms with Crippen molar-refractivity contribution in [3.63, 3.8) is 0 Å². The zero-order valence-corrected chi connectivity index (χ0v) is 6.21. The summed E-state index contributed by atoms with van der Waals surface area (Å²) < 4.78 is 0. The van der Waals surface area contributed by atoms with Gasteiger partial charge in [0.1, 0.15) is 0 Å². The van der Waals surface area contributed by atoms with Crippen LogP contribution < -0.4 is 5.32 Å². The zero-order valence-electron chi connectivity index (χ0n) is 6.21. The maximum absolute atomic E-state index is 10.3. The predicted octanol–water partition coefficient (Wildman–Crippen LogP) is -2.87. The number of carboxylic acids is 1. The summed E-state index contributed by atoms with van der Waals surface area (Å²) in [4.78, 5) is 10.3.